The van der Waals surface area contributed by atoms with Crippen molar-refractivity contribution in [3.63, 3.8) is 0 Å². The zero-order valence-electron chi connectivity index (χ0n) is 17.3. The monoisotopic (exact) mass is 470 g/mol. The van der Waals surface area contributed by atoms with E-state index in [0.29, 0.717) is 5.57 Å². The molecule has 6 rings (SSSR count). The first-order valence-corrected chi connectivity index (χ1v) is 11.5. The highest BCUT2D eigenvalue weighted by Crippen LogP contribution is 2.45. The fourth-order valence-electron chi connectivity index (χ4n) is 4.86. The quantitative estimate of drug-likeness (QED) is 0.652. The molecule has 1 aromatic carbocycles. The summed E-state index contributed by atoms with van der Waals surface area (Å²) in [6, 6.07) is 7.68. The Labute approximate surface area is 196 Å². The van der Waals surface area contributed by atoms with Crippen LogP contribution in [-0.4, -0.2) is 50.7 Å². The first-order valence-electron chi connectivity index (χ1n) is 10.6. The average molecular weight is 471 g/mol. The van der Waals surface area contributed by atoms with Crippen LogP contribution >= 0.6 is 24.2 Å². The van der Waals surface area contributed by atoms with Gasteiger partial charge in [0.1, 0.15) is 0 Å². The molecule has 7 nitrogen and oxygen atoms in total. The first kappa shape index (κ1) is 21.3. The second-order valence-corrected chi connectivity index (χ2v) is 9.76. The summed E-state index contributed by atoms with van der Waals surface area (Å²) in [6.07, 6.45) is 5.23. The van der Waals surface area contributed by atoms with Gasteiger partial charge < -0.3 is 10.3 Å². The number of aromatic amines is 1. The Balaban J connectivity index is 0.00000216. The van der Waals surface area contributed by atoms with Gasteiger partial charge in [-0.1, -0.05) is 17.8 Å². The lowest BCUT2D eigenvalue weighted by Gasteiger charge is -2.15. The number of aromatic nitrogens is 1. The van der Waals surface area contributed by atoms with Crippen LogP contribution in [-0.2, 0) is 22.7 Å². The highest BCUT2D eigenvalue weighted by atomic mass is 35.5. The van der Waals surface area contributed by atoms with Crippen LogP contribution in [0.2, 0.25) is 0 Å². The standard InChI is InChI=1S/C23H22N4O3S.ClH/c28-21-12-31-23(30)27(21)8-13-1-2-20-18(4-13)19(22(29)25-20)5-14-3-17(24-7-14)11-26-9-15-6-16(15)10-26;/h1-5,7,15-16,24H,6,8-12H2,(H,25,29);1H/t15-,16?;/m1./s1. The largest absolute Gasteiger partial charge is 0.363 e. The Morgan fingerprint density at radius 1 is 1.09 bits per heavy atom. The van der Waals surface area contributed by atoms with Gasteiger partial charge >= 0.3 is 0 Å². The van der Waals surface area contributed by atoms with Gasteiger partial charge in [-0.15, -0.1) is 12.4 Å². The molecule has 1 saturated carbocycles. The number of carbonyl (C=O) groups is 3. The number of imide groups is 1. The predicted molar refractivity (Wildman–Crippen MR) is 126 cm³/mol. The molecule has 2 saturated heterocycles. The van der Waals surface area contributed by atoms with Crippen molar-refractivity contribution >= 4 is 58.6 Å². The molecule has 4 aliphatic rings. The van der Waals surface area contributed by atoms with E-state index in [0.717, 1.165) is 58.2 Å². The molecular weight excluding hydrogens is 448 g/mol. The van der Waals surface area contributed by atoms with Crippen LogP contribution in [0.4, 0.5) is 10.5 Å². The van der Waals surface area contributed by atoms with Crippen molar-refractivity contribution < 1.29 is 14.4 Å². The second-order valence-electron chi connectivity index (χ2n) is 8.83. The molecule has 2 aromatic rings. The van der Waals surface area contributed by atoms with Crippen molar-refractivity contribution in [3.8, 4) is 0 Å². The molecule has 2 N–H and O–H groups in total. The molecule has 0 spiro atoms. The van der Waals surface area contributed by atoms with E-state index in [9.17, 15) is 14.4 Å². The van der Waals surface area contributed by atoms with Gasteiger partial charge in [-0.05, 0) is 53.7 Å². The molecule has 3 fully saturated rings. The Kier molecular flexibility index (Phi) is 5.39. The maximum absolute atomic E-state index is 12.6. The number of H-pyrrole nitrogens is 1. The summed E-state index contributed by atoms with van der Waals surface area (Å²) in [7, 11) is 0. The van der Waals surface area contributed by atoms with Crippen LogP contribution in [0.25, 0.3) is 11.6 Å². The number of halogens is 1. The SMILES string of the molecule is Cl.O=C1Nc2ccc(CN3C(=O)CSC3=O)cc2C1=Cc1c[nH]c(CN2CC3C[C@@H]3C2)c1. The maximum atomic E-state index is 12.6. The number of piperidine rings is 1. The van der Waals surface area contributed by atoms with Gasteiger partial charge in [-0.3, -0.25) is 24.2 Å². The topological polar surface area (TPSA) is 85.5 Å². The molecule has 3 amide bonds. The van der Waals surface area contributed by atoms with Crippen molar-refractivity contribution in [3.05, 3.63) is 52.8 Å². The number of rotatable bonds is 5. The van der Waals surface area contributed by atoms with Crippen LogP contribution in [0.5, 0.6) is 0 Å². The highest BCUT2D eigenvalue weighted by molar-refractivity contribution is 8.14. The van der Waals surface area contributed by atoms with Gasteiger partial charge in [0.15, 0.2) is 0 Å². The lowest BCUT2D eigenvalue weighted by molar-refractivity contribution is -0.125. The van der Waals surface area contributed by atoms with Gasteiger partial charge in [0.05, 0.1) is 12.3 Å². The molecule has 3 aliphatic heterocycles. The Bertz CT molecular complexity index is 1130. The van der Waals surface area contributed by atoms with Gasteiger partial charge in [-0.25, -0.2) is 0 Å². The number of nitrogens with zero attached hydrogens (tertiary/aromatic N) is 2. The third kappa shape index (κ3) is 3.87. The minimum atomic E-state index is -0.217. The van der Waals surface area contributed by atoms with Gasteiger partial charge in [0.2, 0.25) is 5.91 Å². The summed E-state index contributed by atoms with van der Waals surface area (Å²) in [6.45, 7) is 3.53. The van der Waals surface area contributed by atoms with Gasteiger partial charge in [0, 0.05) is 48.3 Å². The fraction of sp³-hybridized carbons (Fsp3) is 0.348. The molecule has 1 unspecified atom stereocenters. The lowest BCUT2D eigenvalue weighted by Crippen LogP contribution is -2.27. The summed E-state index contributed by atoms with van der Waals surface area (Å²) >= 11 is 1.03. The van der Waals surface area contributed by atoms with E-state index in [1.54, 1.807) is 0 Å². The van der Waals surface area contributed by atoms with Crippen molar-refractivity contribution in [2.75, 3.05) is 24.2 Å². The number of thioether (sulfide) groups is 1. The zero-order valence-corrected chi connectivity index (χ0v) is 18.9. The number of hydrogen-bond acceptors (Lipinski definition) is 5. The van der Waals surface area contributed by atoms with Crippen LogP contribution in [0, 0.1) is 11.8 Å². The minimum Gasteiger partial charge on any atom is -0.363 e. The summed E-state index contributed by atoms with van der Waals surface area (Å²) in [5.74, 6) is 1.71. The first-order chi connectivity index (χ1) is 15.0. The number of anilines is 1. The normalized spacial score (nSPS) is 25.2. The maximum Gasteiger partial charge on any atom is 0.289 e. The molecule has 1 aliphatic carbocycles. The van der Waals surface area contributed by atoms with Gasteiger partial charge in [0.25, 0.3) is 11.1 Å². The number of nitrogens with one attached hydrogen (secondary N) is 2. The van der Waals surface area contributed by atoms with Gasteiger partial charge in [-0.2, -0.15) is 0 Å². The third-order valence-corrected chi connectivity index (χ3v) is 7.43. The van der Waals surface area contributed by atoms with Crippen molar-refractivity contribution in [2.24, 2.45) is 11.8 Å². The van der Waals surface area contributed by atoms with Crippen LogP contribution in [0.1, 0.15) is 28.8 Å². The molecule has 1 aromatic heterocycles. The number of benzene rings is 1. The van der Waals surface area contributed by atoms with Crippen LogP contribution in [0.15, 0.2) is 30.5 Å². The zero-order chi connectivity index (χ0) is 21.1. The predicted octanol–water partition coefficient (Wildman–Crippen LogP) is 3.58. The van der Waals surface area contributed by atoms with E-state index >= 15 is 0 Å². The Morgan fingerprint density at radius 2 is 1.91 bits per heavy atom. The van der Waals surface area contributed by atoms with E-state index in [4.69, 9.17) is 0 Å². The van der Waals surface area contributed by atoms with E-state index in [1.165, 1.54) is 24.4 Å². The Morgan fingerprint density at radius 3 is 2.66 bits per heavy atom. The third-order valence-electron chi connectivity index (χ3n) is 6.57. The molecule has 0 radical (unpaired) electrons. The number of likely N-dealkylation sites (tertiary alicyclic amines) is 1. The molecule has 0 bridgehead atoms. The molecule has 9 heteroatoms. The van der Waals surface area contributed by atoms with E-state index in [1.807, 2.05) is 30.5 Å². The number of hydrogen-bond donors (Lipinski definition) is 2. The molecule has 4 heterocycles. The van der Waals surface area contributed by atoms with Crippen molar-refractivity contribution in [1.29, 1.82) is 0 Å². The van der Waals surface area contributed by atoms with Crippen molar-refractivity contribution in [2.45, 2.75) is 19.5 Å². The number of amides is 3. The molecule has 166 valence electrons. The number of fused-ring (bicyclic) bond motifs is 2. The lowest BCUT2D eigenvalue weighted by atomic mass is 10.0. The fourth-order valence-corrected chi connectivity index (χ4v) is 5.59. The number of carbonyl (C=O) groups excluding carboxylic acids is 3. The van der Waals surface area contributed by atoms with E-state index in [-0.39, 0.29) is 41.8 Å². The minimum absolute atomic E-state index is 0. The van der Waals surface area contributed by atoms with E-state index < -0.39 is 0 Å². The summed E-state index contributed by atoms with van der Waals surface area (Å²) in [5, 5.41) is 2.69. The molecule has 2 atom stereocenters. The summed E-state index contributed by atoms with van der Waals surface area (Å²) < 4.78 is 0. The molecule has 32 heavy (non-hydrogen) atoms. The summed E-state index contributed by atoms with van der Waals surface area (Å²) in [5.41, 5.74) is 5.09. The van der Waals surface area contributed by atoms with Crippen LogP contribution < -0.4 is 5.32 Å². The Hall–Kier alpha value is -2.55. The molecular formula is C23H23ClN4O3S. The smallest absolute Gasteiger partial charge is 0.289 e. The summed E-state index contributed by atoms with van der Waals surface area (Å²) in [4.78, 5) is 43.5. The van der Waals surface area contributed by atoms with Crippen LogP contribution in [0.3, 0.4) is 0 Å². The average Bonchev–Trinajstić information content (AvgIpc) is 3.10. The highest BCUT2D eigenvalue weighted by Gasteiger charge is 2.44. The second kappa shape index (κ2) is 8.10. The van der Waals surface area contributed by atoms with Crippen molar-refractivity contribution in [1.82, 2.24) is 14.8 Å². The van der Waals surface area contributed by atoms with E-state index in [2.05, 4.69) is 21.3 Å².